The average Bonchev–Trinajstić information content (AvgIpc) is 2.26. The van der Waals surface area contributed by atoms with E-state index in [2.05, 4.69) is 20.9 Å². The number of nitro groups is 1. The van der Waals surface area contributed by atoms with E-state index in [1.165, 1.54) is 6.20 Å². The quantitative estimate of drug-likeness (QED) is 0.498. The molecule has 0 amide bonds. The van der Waals surface area contributed by atoms with E-state index in [-0.39, 0.29) is 16.0 Å². The van der Waals surface area contributed by atoms with Gasteiger partial charge in [0.15, 0.2) is 0 Å². The van der Waals surface area contributed by atoms with E-state index in [1.807, 2.05) is 0 Å². The van der Waals surface area contributed by atoms with E-state index in [0.717, 1.165) is 6.07 Å². The topological polar surface area (TPSA) is 96.5 Å². The zero-order valence-corrected chi connectivity index (χ0v) is 10.2. The molecular weight excluding hydrogens is 303 g/mol. The molecule has 1 heterocycles. The molecule has 0 saturated carbocycles. The van der Waals surface area contributed by atoms with E-state index in [9.17, 15) is 20.3 Å². The third-order valence-corrected chi connectivity index (χ3v) is 2.73. The van der Waals surface area contributed by atoms with Gasteiger partial charge in [0.05, 0.1) is 16.0 Å². The smallest absolute Gasteiger partial charge is 0.295 e. The van der Waals surface area contributed by atoms with Crippen molar-refractivity contribution < 1.29 is 15.1 Å². The lowest BCUT2D eigenvalue weighted by Crippen LogP contribution is -2.21. The molecule has 0 radical (unpaired) electrons. The van der Waals surface area contributed by atoms with Crippen molar-refractivity contribution in [2.24, 2.45) is 0 Å². The molecule has 88 valence electrons. The Morgan fingerprint density at radius 3 is 2.75 bits per heavy atom. The van der Waals surface area contributed by atoms with Crippen LogP contribution in [-0.2, 0) is 0 Å². The largest absolute Gasteiger partial charge is 0.389 e. The van der Waals surface area contributed by atoms with E-state index in [1.54, 1.807) is 0 Å². The van der Waals surface area contributed by atoms with Crippen molar-refractivity contribution in [1.29, 1.82) is 0 Å². The SMILES string of the molecule is O=[N+]([O-])c1cc(Cl)cnc1C(O)C(O)CBr. The van der Waals surface area contributed by atoms with Crippen molar-refractivity contribution in [3.63, 3.8) is 0 Å². The monoisotopic (exact) mass is 310 g/mol. The van der Waals surface area contributed by atoms with Crippen LogP contribution in [0.4, 0.5) is 5.69 Å². The molecule has 0 aliphatic heterocycles. The molecule has 0 aliphatic rings. The highest BCUT2D eigenvalue weighted by Crippen LogP contribution is 2.28. The third kappa shape index (κ3) is 2.88. The summed E-state index contributed by atoms with van der Waals surface area (Å²) in [7, 11) is 0. The molecule has 0 bridgehead atoms. The van der Waals surface area contributed by atoms with Crippen molar-refractivity contribution in [3.05, 3.63) is 33.1 Å². The Balaban J connectivity index is 3.17. The molecule has 0 saturated heterocycles. The lowest BCUT2D eigenvalue weighted by Gasteiger charge is -2.14. The first kappa shape index (κ1) is 13.3. The van der Waals surface area contributed by atoms with Gasteiger partial charge in [-0.05, 0) is 0 Å². The second-order valence-corrected chi connectivity index (χ2v) is 4.07. The van der Waals surface area contributed by atoms with Gasteiger partial charge in [-0.15, -0.1) is 0 Å². The van der Waals surface area contributed by atoms with Gasteiger partial charge in [0.25, 0.3) is 5.69 Å². The average molecular weight is 312 g/mol. The number of hydrogen-bond acceptors (Lipinski definition) is 5. The number of pyridine rings is 1. The molecule has 1 aromatic heterocycles. The van der Waals surface area contributed by atoms with Crippen molar-refractivity contribution >= 4 is 33.2 Å². The molecule has 0 aliphatic carbocycles. The van der Waals surface area contributed by atoms with Gasteiger partial charge in [-0.2, -0.15) is 0 Å². The molecule has 8 heteroatoms. The molecule has 16 heavy (non-hydrogen) atoms. The Kier molecular flexibility index (Phi) is 4.60. The summed E-state index contributed by atoms with van der Waals surface area (Å²) < 4.78 is 0. The minimum Gasteiger partial charge on any atom is -0.389 e. The predicted molar refractivity (Wildman–Crippen MR) is 60.7 cm³/mol. The van der Waals surface area contributed by atoms with E-state index < -0.39 is 22.8 Å². The van der Waals surface area contributed by atoms with Gasteiger partial charge in [0, 0.05) is 17.6 Å². The summed E-state index contributed by atoms with van der Waals surface area (Å²) in [4.78, 5) is 13.6. The highest BCUT2D eigenvalue weighted by Gasteiger charge is 2.27. The van der Waals surface area contributed by atoms with Gasteiger partial charge in [0.1, 0.15) is 11.8 Å². The van der Waals surface area contributed by atoms with Crippen molar-refractivity contribution in [1.82, 2.24) is 4.98 Å². The molecule has 2 unspecified atom stereocenters. The lowest BCUT2D eigenvalue weighted by atomic mass is 10.1. The van der Waals surface area contributed by atoms with E-state index >= 15 is 0 Å². The number of aliphatic hydroxyl groups excluding tert-OH is 2. The van der Waals surface area contributed by atoms with Crippen LogP contribution in [0.3, 0.4) is 0 Å². The van der Waals surface area contributed by atoms with Crippen LogP contribution < -0.4 is 0 Å². The Bertz CT molecular complexity index is 404. The number of rotatable bonds is 4. The van der Waals surface area contributed by atoms with Crippen LogP contribution in [0.5, 0.6) is 0 Å². The summed E-state index contributed by atoms with van der Waals surface area (Å²) in [5, 5.41) is 29.8. The molecule has 0 aromatic carbocycles. The van der Waals surface area contributed by atoms with Crippen molar-refractivity contribution in [2.75, 3.05) is 5.33 Å². The first-order valence-corrected chi connectivity index (χ1v) is 5.69. The van der Waals surface area contributed by atoms with Crippen molar-refractivity contribution in [3.8, 4) is 0 Å². The number of nitrogens with zero attached hydrogens (tertiary/aromatic N) is 2. The summed E-state index contributed by atoms with van der Waals surface area (Å²) >= 11 is 8.51. The van der Waals surface area contributed by atoms with Gasteiger partial charge in [-0.1, -0.05) is 27.5 Å². The highest BCUT2D eigenvalue weighted by molar-refractivity contribution is 9.09. The van der Waals surface area contributed by atoms with Crippen LogP contribution in [0, 0.1) is 10.1 Å². The Morgan fingerprint density at radius 1 is 1.62 bits per heavy atom. The first-order chi connectivity index (χ1) is 7.47. The van der Waals surface area contributed by atoms with Gasteiger partial charge in [0.2, 0.25) is 0 Å². The highest BCUT2D eigenvalue weighted by atomic mass is 79.9. The molecule has 0 fully saturated rings. The minimum atomic E-state index is -1.43. The van der Waals surface area contributed by atoms with Crippen LogP contribution in [0.15, 0.2) is 12.3 Å². The molecule has 0 spiro atoms. The van der Waals surface area contributed by atoms with Crippen LogP contribution in [0.25, 0.3) is 0 Å². The Morgan fingerprint density at radius 2 is 2.25 bits per heavy atom. The van der Waals surface area contributed by atoms with Gasteiger partial charge >= 0.3 is 0 Å². The maximum Gasteiger partial charge on any atom is 0.295 e. The van der Waals surface area contributed by atoms with Crippen LogP contribution in [0.1, 0.15) is 11.8 Å². The van der Waals surface area contributed by atoms with Gasteiger partial charge < -0.3 is 10.2 Å². The number of aliphatic hydroxyl groups is 2. The molecule has 2 atom stereocenters. The van der Waals surface area contributed by atoms with Crippen LogP contribution >= 0.6 is 27.5 Å². The molecule has 1 rings (SSSR count). The lowest BCUT2D eigenvalue weighted by molar-refractivity contribution is -0.386. The van der Waals surface area contributed by atoms with E-state index in [4.69, 9.17) is 11.6 Å². The number of aromatic nitrogens is 1. The van der Waals surface area contributed by atoms with Crippen molar-refractivity contribution in [2.45, 2.75) is 12.2 Å². The number of halogens is 2. The van der Waals surface area contributed by atoms with Gasteiger partial charge in [-0.3, -0.25) is 10.1 Å². The Hall–Kier alpha value is -0.760. The maximum atomic E-state index is 10.7. The summed E-state index contributed by atoms with van der Waals surface area (Å²) in [5.41, 5.74) is -0.624. The summed E-state index contributed by atoms with van der Waals surface area (Å²) in [6, 6.07) is 1.08. The maximum absolute atomic E-state index is 10.7. The summed E-state index contributed by atoms with van der Waals surface area (Å²) in [6.45, 7) is 0. The normalized spacial score (nSPS) is 14.5. The number of alkyl halides is 1. The second-order valence-electron chi connectivity index (χ2n) is 2.98. The van der Waals surface area contributed by atoms with Crippen LogP contribution in [0.2, 0.25) is 5.02 Å². The molecule has 1 aromatic rings. The zero-order valence-electron chi connectivity index (χ0n) is 7.88. The molecule has 6 nitrogen and oxygen atoms in total. The fraction of sp³-hybridized carbons (Fsp3) is 0.375. The number of hydrogen-bond donors (Lipinski definition) is 2. The van der Waals surface area contributed by atoms with Crippen LogP contribution in [-0.4, -0.2) is 31.6 Å². The third-order valence-electron chi connectivity index (χ3n) is 1.86. The predicted octanol–water partition coefficient (Wildman–Crippen LogP) is 1.43. The molecule has 2 N–H and O–H groups in total. The standard InChI is InChI=1S/C8H8BrClN2O4/c9-2-6(13)8(14)7-5(12(15)16)1-4(10)3-11-7/h1,3,6,8,13-14H,2H2. The summed E-state index contributed by atoms with van der Waals surface area (Å²) in [6.07, 6.45) is -1.43. The second kappa shape index (κ2) is 5.53. The van der Waals surface area contributed by atoms with E-state index in [0.29, 0.717) is 0 Å². The zero-order chi connectivity index (χ0) is 12.3. The van der Waals surface area contributed by atoms with Gasteiger partial charge in [-0.25, -0.2) is 4.98 Å². The minimum absolute atomic E-state index is 0.0790. The Labute approximate surface area is 104 Å². The fourth-order valence-corrected chi connectivity index (χ4v) is 1.59. The molecular formula is C8H8BrClN2O4. The first-order valence-electron chi connectivity index (χ1n) is 4.19. The summed E-state index contributed by atoms with van der Waals surface area (Å²) in [5.74, 6) is 0. The fourth-order valence-electron chi connectivity index (χ4n) is 1.08.